The van der Waals surface area contributed by atoms with Crippen LogP contribution in [-0.4, -0.2) is 63.8 Å². The molecular formula is C25H31N5O5. The first-order valence-corrected chi connectivity index (χ1v) is 12.1. The summed E-state index contributed by atoms with van der Waals surface area (Å²) >= 11 is 0. The van der Waals surface area contributed by atoms with Gasteiger partial charge >= 0.3 is 0 Å². The summed E-state index contributed by atoms with van der Waals surface area (Å²) in [5.41, 5.74) is 1.11. The van der Waals surface area contributed by atoms with Crippen molar-refractivity contribution in [2.24, 2.45) is 5.92 Å². The van der Waals surface area contributed by atoms with E-state index in [1.165, 1.54) is 0 Å². The molecule has 1 fully saturated rings. The number of piperidine rings is 1. The van der Waals surface area contributed by atoms with Gasteiger partial charge in [0.25, 0.3) is 5.91 Å². The van der Waals surface area contributed by atoms with Gasteiger partial charge in [-0.3, -0.25) is 9.78 Å². The van der Waals surface area contributed by atoms with E-state index in [-0.39, 0.29) is 5.91 Å². The van der Waals surface area contributed by atoms with Crippen LogP contribution in [0.15, 0.2) is 35.2 Å². The lowest BCUT2D eigenvalue weighted by atomic mass is 9.93. The summed E-state index contributed by atoms with van der Waals surface area (Å²) < 4.78 is 22.7. The highest BCUT2D eigenvalue weighted by Gasteiger charge is 2.27. The number of nitrogens with zero attached hydrogens (tertiary/aromatic N) is 5. The number of hydrogen-bond acceptors (Lipinski definition) is 9. The van der Waals surface area contributed by atoms with E-state index in [9.17, 15) is 4.79 Å². The van der Waals surface area contributed by atoms with Crippen molar-refractivity contribution in [2.75, 3.05) is 32.9 Å². The van der Waals surface area contributed by atoms with Gasteiger partial charge in [0.15, 0.2) is 11.5 Å². The average Bonchev–Trinajstić information content (AvgIpc) is 3.35. The minimum atomic E-state index is -0.0452. The maximum absolute atomic E-state index is 13.3. The van der Waals surface area contributed by atoms with Crippen LogP contribution >= 0.6 is 0 Å². The fourth-order valence-corrected chi connectivity index (χ4v) is 4.14. The van der Waals surface area contributed by atoms with Crippen LogP contribution in [0.4, 0.5) is 0 Å². The van der Waals surface area contributed by atoms with Crippen molar-refractivity contribution < 1.29 is 23.5 Å². The van der Waals surface area contributed by atoms with Crippen LogP contribution in [0.2, 0.25) is 0 Å². The van der Waals surface area contributed by atoms with Crippen molar-refractivity contribution in [2.45, 2.75) is 40.0 Å². The number of amides is 1. The number of carbonyl (C=O) groups excluding carboxylic acids is 1. The van der Waals surface area contributed by atoms with Gasteiger partial charge in [0.05, 0.1) is 26.0 Å². The van der Waals surface area contributed by atoms with E-state index in [2.05, 4.69) is 20.1 Å². The largest absolute Gasteiger partial charge is 0.490 e. The second-order valence-electron chi connectivity index (χ2n) is 8.14. The topological polar surface area (TPSA) is 113 Å². The first-order chi connectivity index (χ1) is 17.1. The van der Waals surface area contributed by atoms with Crippen LogP contribution in [0.25, 0.3) is 11.5 Å². The molecule has 4 rings (SSSR count). The predicted octanol–water partition coefficient (Wildman–Crippen LogP) is 3.82. The van der Waals surface area contributed by atoms with E-state index < -0.39 is 0 Å². The monoisotopic (exact) mass is 481 g/mol. The molecule has 3 aromatic rings. The zero-order valence-electron chi connectivity index (χ0n) is 20.4. The molecule has 0 spiro atoms. The molecule has 1 saturated heterocycles. The molecule has 0 saturated carbocycles. The van der Waals surface area contributed by atoms with Gasteiger partial charge in [0.2, 0.25) is 17.5 Å². The van der Waals surface area contributed by atoms with Crippen LogP contribution in [0.1, 0.15) is 49.9 Å². The minimum absolute atomic E-state index is 0.0452. The number of benzene rings is 1. The maximum atomic E-state index is 13.3. The van der Waals surface area contributed by atoms with E-state index in [0.717, 1.165) is 12.8 Å². The second kappa shape index (κ2) is 11.6. The quantitative estimate of drug-likeness (QED) is 0.426. The fourth-order valence-electron chi connectivity index (χ4n) is 4.14. The van der Waals surface area contributed by atoms with Crippen molar-refractivity contribution in [3.05, 3.63) is 42.2 Å². The molecule has 2 aromatic heterocycles. The maximum Gasteiger partial charge on any atom is 0.254 e. The van der Waals surface area contributed by atoms with Crippen LogP contribution in [0.3, 0.4) is 0 Å². The highest BCUT2D eigenvalue weighted by Crippen LogP contribution is 2.39. The Morgan fingerprint density at radius 3 is 2.31 bits per heavy atom. The van der Waals surface area contributed by atoms with E-state index in [1.807, 2.05) is 25.7 Å². The molecule has 35 heavy (non-hydrogen) atoms. The molecule has 1 aliphatic rings. The summed E-state index contributed by atoms with van der Waals surface area (Å²) in [6, 6.07) is 3.50. The molecule has 3 heterocycles. The lowest BCUT2D eigenvalue weighted by molar-refractivity contribution is 0.0686. The lowest BCUT2D eigenvalue weighted by Gasteiger charge is -2.31. The lowest BCUT2D eigenvalue weighted by Crippen LogP contribution is -2.39. The number of likely N-dealkylation sites (tertiary alicyclic amines) is 1. The van der Waals surface area contributed by atoms with Crippen molar-refractivity contribution >= 4 is 5.91 Å². The SMILES string of the molecule is CCOc1cc(C(=O)N2CCC(Cc3nc(-c4cnccn4)no3)CC2)cc(OCC)c1OCC. The van der Waals surface area contributed by atoms with Gasteiger partial charge in [0.1, 0.15) is 5.69 Å². The van der Waals surface area contributed by atoms with Gasteiger partial charge in [-0.2, -0.15) is 4.98 Å². The van der Waals surface area contributed by atoms with Crippen molar-refractivity contribution in [3.63, 3.8) is 0 Å². The summed E-state index contributed by atoms with van der Waals surface area (Å²) in [6.45, 7) is 8.39. The highest BCUT2D eigenvalue weighted by molar-refractivity contribution is 5.95. The Bertz CT molecular complexity index is 1090. The van der Waals surface area contributed by atoms with Gasteiger partial charge in [0, 0.05) is 37.5 Å². The standard InChI is InChI=1S/C25H31N5O5/c1-4-32-20-14-18(15-21(33-5-2)23(20)34-6-3)25(31)30-11-7-17(8-12-30)13-22-28-24(29-35-22)19-16-26-9-10-27-19/h9-10,14-17H,4-8,11-13H2,1-3H3. The van der Waals surface area contributed by atoms with E-state index in [0.29, 0.717) is 85.5 Å². The molecule has 1 aliphatic heterocycles. The summed E-state index contributed by atoms with van der Waals surface area (Å²) in [5, 5.41) is 4.01. The first-order valence-electron chi connectivity index (χ1n) is 12.1. The van der Waals surface area contributed by atoms with E-state index in [1.54, 1.807) is 30.7 Å². The Kier molecular flexibility index (Phi) is 8.12. The molecule has 0 aliphatic carbocycles. The molecule has 10 nitrogen and oxygen atoms in total. The Hall–Kier alpha value is -3.69. The molecule has 0 radical (unpaired) electrons. The number of aromatic nitrogens is 4. The molecule has 10 heteroatoms. The molecule has 186 valence electrons. The fraction of sp³-hybridized carbons (Fsp3) is 0.480. The smallest absolute Gasteiger partial charge is 0.254 e. The average molecular weight is 482 g/mol. The number of ether oxygens (including phenoxy) is 3. The third-order valence-electron chi connectivity index (χ3n) is 5.78. The second-order valence-corrected chi connectivity index (χ2v) is 8.14. The van der Waals surface area contributed by atoms with Crippen molar-refractivity contribution in [1.29, 1.82) is 0 Å². The zero-order valence-corrected chi connectivity index (χ0v) is 20.4. The predicted molar refractivity (Wildman–Crippen MR) is 128 cm³/mol. The Morgan fingerprint density at radius 2 is 1.71 bits per heavy atom. The molecule has 1 amide bonds. The number of carbonyl (C=O) groups is 1. The van der Waals surface area contributed by atoms with Gasteiger partial charge in [-0.1, -0.05) is 5.16 Å². The van der Waals surface area contributed by atoms with Crippen LogP contribution in [0.5, 0.6) is 17.2 Å². The minimum Gasteiger partial charge on any atom is -0.490 e. The molecule has 0 bridgehead atoms. The normalized spacial score (nSPS) is 14.1. The van der Waals surface area contributed by atoms with Crippen LogP contribution in [-0.2, 0) is 6.42 Å². The van der Waals surface area contributed by atoms with E-state index in [4.69, 9.17) is 18.7 Å². The zero-order chi connectivity index (χ0) is 24.6. The van der Waals surface area contributed by atoms with Crippen molar-refractivity contribution in [3.8, 4) is 28.8 Å². The first kappa shape index (κ1) is 24.4. The molecule has 0 atom stereocenters. The molecule has 0 N–H and O–H groups in total. The summed E-state index contributed by atoms with van der Waals surface area (Å²) in [5.74, 6) is 2.90. The molecule has 1 aromatic carbocycles. The van der Waals surface area contributed by atoms with Gasteiger partial charge in [-0.15, -0.1) is 0 Å². The summed E-state index contributed by atoms with van der Waals surface area (Å²) in [4.78, 5) is 27.9. The summed E-state index contributed by atoms with van der Waals surface area (Å²) in [6.07, 6.45) is 7.17. The Labute approximate surface area is 204 Å². The van der Waals surface area contributed by atoms with Gasteiger partial charge < -0.3 is 23.6 Å². The third-order valence-corrected chi connectivity index (χ3v) is 5.78. The van der Waals surface area contributed by atoms with Crippen LogP contribution < -0.4 is 14.2 Å². The Morgan fingerprint density at radius 1 is 1.03 bits per heavy atom. The van der Waals surface area contributed by atoms with Crippen LogP contribution in [0, 0.1) is 5.92 Å². The van der Waals surface area contributed by atoms with Crippen molar-refractivity contribution in [1.82, 2.24) is 25.0 Å². The number of hydrogen-bond donors (Lipinski definition) is 0. The molecular weight excluding hydrogens is 450 g/mol. The number of rotatable bonds is 10. The van der Waals surface area contributed by atoms with Gasteiger partial charge in [-0.25, -0.2) is 4.98 Å². The summed E-state index contributed by atoms with van der Waals surface area (Å²) in [7, 11) is 0. The van der Waals surface area contributed by atoms with E-state index >= 15 is 0 Å². The third kappa shape index (κ3) is 5.87. The Balaban J connectivity index is 1.40. The highest BCUT2D eigenvalue weighted by atomic mass is 16.5. The molecule has 0 unspecified atom stereocenters. The van der Waals surface area contributed by atoms with Gasteiger partial charge in [-0.05, 0) is 51.7 Å².